The second kappa shape index (κ2) is 14.2. The standard InChI is InChI=1S/C30H36N4O3S/c1-21(22-16-18-25(37-2)19-17-22)34(26(28(31)35)15-10-20-33-30(32)38-3)29(36)27(23-11-6-4-7-12-23)24-13-8-5-9-14-24/h4-9,11-14,16-19,21,26-27H,10,15,20H2,1-3H3,(H2,31,35)(H2,32,33)/t21-,26-/m1/s1. The Hall–Kier alpha value is -3.78. The number of amides is 2. The molecule has 0 aliphatic heterocycles. The minimum Gasteiger partial charge on any atom is -0.497 e. The van der Waals surface area contributed by atoms with Crippen LogP contribution in [0.5, 0.6) is 5.75 Å². The molecule has 8 heteroatoms. The van der Waals surface area contributed by atoms with E-state index < -0.39 is 23.9 Å². The monoisotopic (exact) mass is 532 g/mol. The number of nitrogens with two attached hydrogens (primary N) is 2. The van der Waals surface area contributed by atoms with Crippen LogP contribution in [-0.4, -0.2) is 47.8 Å². The summed E-state index contributed by atoms with van der Waals surface area (Å²) in [5.74, 6) is -0.645. The summed E-state index contributed by atoms with van der Waals surface area (Å²) >= 11 is 1.37. The van der Waals surface area contributed by atoms with E-state index in [-0.39, 0.29) is 5.91 Å². The molecule has 0 unspecified atom stereocenters. The number of hydrogen-bond donors (Lipinski definition) is 2. The Morgan fingerprint density at radius 3 is 1.92 bits per heavy atom. The number of amidine groups is 1. The molecule has 3 aromatic rings. The lowest BCUT2D eigenvalue weighted by molar-refractivity contribution is -0.142. The fourth-order valence-corrected chi connectivity index (χ4v) is 4.75. The molecule has 38 heavy (non-hydrogen) atoms. The van der Waals surface area contributed by atoms with Crippen molar-refractivity contribution in [2.75, 3.05) is 19.9 Å². The fourth-order valence-electron chi connectivity index (χ4n) is 4.53. The van der Waals surface area contributed by atoms with Gasteiger partial charge < -0.3 is 21.1 Å². The number of nitrogens with zero attached hydrogens (tertiary/aromatic N) is 2. The van der Waals surface area contributed by atoms with Crippen LogP contribution in [0.3, 0.4) is 0 Å². The van der Waals surface area contributed by atoms with E-state index in [1.807, 2.05) is 98.1 Å². The van der Waals surface area contributed by atoms with Gasteiger partial charge in [0.05, 0.1) is 19.1 Å². The maximum Gasteiger partial charge on any atom is 0.240 e. The first kappa shape index (κ1) is 28.8. The predicted molar refractivity (Wildman–Crippen MR) is 155 cm³/mol. The fraction of sp³-hybridized carbons (Fsp3) is 0.300. The Morgan fingerprint density at radius 1 is 0.895 bits per heavy atom. The molecule has 0 fully saturated rings. The topological polar surface area (TPSA) is 111 Å². The van der Waals surface area contributed by atoms with Crippen LogP contribution >= 0.6 is 11.8 Å². The van der Waals surface area contributed by atoms with Gasteiger partial charge in [-0.05, 0) is 54.8 Å². The summed E-state index contributed by atoms with van der Waals surface area (Å²) in [6, 6.07) is 25.5. The van der Waals surface area contributed by atoms with Crippen LogP contribution in [0.25, 0.3) is 0 Å². The third-order valence-corrected chi connectivity index (χ3v) is 7.11. The molecule has 0 spiro atoms. The van der Waals surface area contributed by atoms with Crippen molar-refractivity contribution in [3.63, 3.8) is 0 Å². The van der Waals surface area contributed by atoms with Gasteiger partial charge in [-0.2, -0.15) is 0 Å². The van der Waals surface area contributed by atoms with Crippen molar-refractivity contribution in [2.45, 2.75) is 37.8 Å². The first-order valence-electron chi connectivity index (χ1n) is 12.6. The Morgan fingerprint density at radius 2 is 1.45 bits per heavy atom. The minimum absolute atomic E-state index is 0.193. The molecule has 0 radical (unpaired) electrons. The molecule has 0 saturated carbocycles. The lowest BCUT2D eigenvalue weighted by atomic mass is 9.88. The first-order valence-corrected chi connectivity index (χ1v) is 13.8. The SMILES string of the molecule is COc1ccc([C@@H](C)N(C(=O)C(c2ccccc2)c2ccccc2)[C@H](CCCN=C(N)SC)C(N)=O)cc1. The second-order valence-electron chi connectivity index (χ2n) is 8.93. The highest BCUT2D eigenvalue weighted by Crippen LogP contribution is 2.33. The predicted octanol–water partition coefficient (Wildman–Crippen LogP) is 4.73. The average molecular weight is 533 g/mol. The van der Waals surface area contributed by atoms with Gasteiger partial charge in [-0.3, -0.25) is 14.6 Å². The molecule has 0 aromatic heterocycles. The summed E-state index contributed by atoms with van der Waals surface area (Å²) in [6.07, 6.45) is 2.77. The molecule has 0 bridgehead atoms. The number of carbonyl (C=O) groups is 2. The van der Waals surface area contributed by atoms with E-state index in [9.17, 15) is 9.59 Å². The van der Waals surface area contributed by atoms with Crippen LogP contribution in [0.1, 0.15) is 48.4 Å². The number of primary amides is 1. The minimum atomic E-state index is -0.833. The number of thioether (sulfide) groups is 1. The number of hydrogen-bond acceptors (Lipinski definition) is 5. The zero-order chi connectivity index (χ0) is 27.5. The summed E-state index contributed by atoms with van der Waals surface area (Å²) in [7, 11) is 1.61. The van der Waals surface area contributed by atoms with Crippen molar-refractivity contribution in [1.29, 1.82) is 0 Å². The van der Waals surface area contributed by atoms with Crippen LogP contribution in [0.4, 0.5) is 0 Å². The zero-order valence-electron chi connectivity index (χ0n) is 22.1. The summed E-state index contributed by atoms with van der Waals surface area (Å²) in [4.78, 5) is 33.4. The number of aliphatic imine (C=N–C) groups is 1. The van der Waals surface area contributed by atoms with Crippen LogP contribution in [0.15, 0.2) is 89.9 Å². The number of benzene rings is 3. The van der Waals surface area contributed by atoms with Gasteiger partial charge in [-0.25, -0.2) is 0 Å². The van der Waals surface area contributed by atoms with Crippen molar-refractivity contribution >= 4 is 28.7 Å². The summed E-state index contributed by atoms with van der Waals surface area (Å²) < 4.78 is 5.31. The Balaban J connectivity index is 2.06. The molecule has 2 amide bonds. The zero-order valence-corrected chi connectivity index (χ0v) is 22.9. The molecule has 7 nitrogen and oxygen atoms in total. The molecule has 0 saturated heterocycles. The molecule has 2 atom stereocenters. The van der Waals surface area contributed by atoms with E-state index in [1.54, 1.807) is 12.0 Å². The lowest BCUT2D eigenvalue weighted by Gasteiger charge is -2.38. The molecule has 3 rings (SSSR count). The largest absolute Gasteiger partial charge is 0.497 e. The van der Waals surface area contributed by atoms with Crippen molar-refractivity contribution in [3.8, 4) is 5.75 Å². The smallest absolute Gasteiger partial charge is 0.240 e. The number of methoxy groups -OCH3 is 1. The summed E-state index contributed by atoms with van der Waals surface area (Å²) in [6.45, 7) is 2.36. The second-order valence-corrected chi connectivity index (χ2v) is 9.76. The van der Waals surface area contributed by atoms with Crippen LogP contribution in [-0.2, 0) is 9.59 Å². The Bertz CT molecular complexity index is 1160. The van der Waals surface area contributed by atoms with E-state index in [0.29, 0.717) is 30.3 Å². The van der Waals surface area contributed by atoms with Gasteiger partial charge >= 0.3 is 0 Å². The molecule has 0 heterocycles. The molecule has 0 aliphatic carbocycles. The highest BCUT2D eigenvalue weighted by molar-refractivity contribution is 8.13. The normalized spacial score (nSPS) is 13.1. The molecule has 4 N–H and O–H groups in total. The maximum atomic E-state index is 14.6. The van der Waals surface area contributed by atoms with Gasteiger partial charge in [0.25, 0.3) is 0 Å². The number of ether oxygens (including phenoxy) is 1. The third-order valence-electron chi connectivity index (χ3n) is 6.56. The molecule has 3 aromatic carbocycles. The van der Waals surface area contributed by atoms with E-state index >= 15 is 0 Å². The van der Waals surface area contributed by atoms with Crippen LogP contribution < -0.4 is 16.2 Å². The number of rotatable bonds is 12. The first-order chi connectivity index (χ1) is 18.4. The van der Waals surface area contributed by atoms with E-state index in [4.69, 9.17) is 16.2 Å². The highest BCUT2D eigenvalue weighted by Gasteiger charge is 2.37. The third kappa shape index (κ3) is 7.38. The quantitative estimate of drug-likeness (QED) is 0.199. The Kier molecular flexibility index (Phi) is 10.8. The van der Waals surface area contributed by atoms with Crippen molar-refractivity contribution < 1.29 is 14.3 Å². The highest BCUT2D eigenvalue weighted by atomic mass is 32.2. The van der Waals surface area contributed by atoms with Crippen molar-refractivity contribution in [3.05, 3.63) is 102 Å². The van der Waals surface area contributed by atoms with Gasteiger partial charge in [0, 0.05) is 6.54 Å². The Labute approximate surface area is 229 Å². The number of carbonyl (C=O) groups excluding carboxylic acids is 2. The molecular weight excluding hydrogens is 496 g/mol. The molecular formula is C30H36N4O3S. The van der Waals surface area contributed by atoms with Gasteiger partial charge in [0.2, 0.25) is 11.8 Å². The van der Waals surface area contributed by atoms with Crippen molar-refractivity contribution in [1.82, 2.24) is 4.90 Å². The van der Waals surface area contributed by atoms with E-state index in [1.165, 1.54) is 11.8 Å². The average Bonchev–Trinajstić information content (AvgIpc) is 2.95. The maximum absolute atomic E-state index is 14.6. The summed E-state index contributed by atoms with van der Waals surface area (Å²) in [5.41, 5.74) is 14.3. The lowest BCUT2D eigenvalue weighted by Crippen LogP contribution is -2.50. The van der Waals surface area contributed by atoms with Crippen LogP contribution in [0.2, 0.25) is 0 Å². The molecule has 200 valence electrons. The van der Waals surface area contributed by atoms with Gasteiger partial charge in [0.15, 0.2) is 5.17 Å². The van der Waals surface area contributed by atoms with Gasteiger partial charge in [0.1, 0.15) is 11.8 Å². The van der Waals surface area contributed by atoms with E-state index in [0.717, 1.165) is 16.7 Å². The van der Waals surface area contributed by atoms with Crippen LogP contribution in [0, 0.1) is 0 Å². The molecule has 0 aliphatic rings. The van der Waals surface area contributed by atoms with E-state index in [2.05, 4.69) is 4.99 Å². The summed E-state index contributed by atoms with van der Waals surface area (Å²) in [5, 5.41) is 0.480. The van der Waals surface area contributed by atoms with Crippen molar-refractivity contribution in [2.24, 2.45) is 16.5 Å². The van der Waals surface area contributed by atoms with Gasteiger partial charge in [-0.15, -0.1) is 0 Å². The van der Waals surface area contributed by atoms with Gasteiger partial charge in [-0.1, -0.05) is 84.6 Å².